The van der Waals surface area contributed by atoms with Crippen LogP contribution in [0.15, 0.2) is 60.0 Å². The van der Waals surface area contributed by atoms with Crippen LogP contribution in [0.5, 0.6) is 11.5 Å². The average molecular weight is 606 g/mol. The Morgan fingerprint density at radius 3 is 2.52 bits per heavy atom. The topological polar surface area (TPSA) is 80.3 Å². The number of anilines is 1. The van der Waals surface area contributed by atoms with E-state index < -0.39 is 17.8 Å². The molecule has 1 fully saturated rings. The SMILES string of the molecule is COc1ccc(CCN(Cc2cccs2)C(=O)CN(CC2CCCO2)C(=O)Nc2cccc(C(F)(F)F)c2)cc1OC. The summed E-state index contributed by atoms with van der Waals surface area (Å²) in [5, 5.41) is 4.47. The van der Waals surface area contributed by atoms with Crippen LogP contribution < -0.4 is 14.8 Å². The minimum absolute atomic E-state index is 0.0106. The minimum atomic E-state index is -4.55. The van der Waals surface area contributed by atoms with Crippen LogP contribution in [0.1, 0.15) is 28.8 Å². The number of rotatable bonds is 12. The first-order valence-electron chi connectivity index (χ1n) is 13.5. The van der Waals surface area contributed by atoms with Crippen LogP contribution in [-0.4, -0.2) is 68.3 Å². The maximum Gasteiger partial charge on any atom is 0.416 e. The van der Waals surface area contributed by atoms with Crippen molar-refractivity contribution in [2.75, 3.05) is 45.8 Å². The molecule has 12 heteroatoms. The number of urea groups is 1. The van der Waals surface area contributed by atoms with E-state index in [2.05, 4.69) is 5.32 Å². The Hall–Kier alpha value is -3.77. The van der Waals surface area contributed by atoms with Crippen LogP contribution >= 0.6 is 11.3 Å². The van der Waals surface area contributed by atoms with E-state index in [0.717, 1.165) is 35.4 Å². The van der Waals surface area contributed by atoms with Crippen molar-refractivity contribution in [2.24, 2.45) is 0 Å². The number of halogens is 3. The zero-order valence-corrected chi connectivity index (χ0v) is 24.3. The second-order valence-corrected chi connectivity index (χ2v) is 10.9. The fraction of sp³-hybridized carbons (Fsp3) is 0.400. The molecule has 8 nitrogen and oxygen atoms in total. The summed E-state index contributed by atoms with van der Waals surface area (Å²) in [6.45, 7) is 1.15. The monoisotopic (exact) mass is 605 g/mol. The molecule has 2 heterocycles. The molecule has 1 unspecified atom stereocenters. The number of hydrogen-bond acceptors (Lipinski definition) is 6. The number of amides is 3. The van der Waals surface area contributed by atoms with Gasteiger partial charge in [-0.25, -0.2) is 4.79 Å². The van der Waals surface area contributed by atoms with Crippen molar-refractivity contribution in [3.63, 3.8) is 0 Å². The summed E-state index contributed by atoms with van der Waals surface area (Å²) in [5.74, 6) is 0.894. The number of alkyl halides is 3. The molecule has 1 aromatic heterocycles. The third-order valence-electron chi connectivity index (χ3n) is 6.90. The summed E-state index contributed by atoms with van der Waals surface area (Å²) in [5.41, 5.74) is 0.0537. The van der Waals surface area contributed by atoms with Gasteiger partial charge in [-0.05, 0) is 66.6 Å². The summed E-state index contributed by atoms with van der Waals surface area (Å²) >= 11 is 1.52. The van der Waals surface area contributed by atoms with E-state index >= 15 is 0 Å². The number of thiophene rings is 1. The fourth-order valence-electron chi connectivity index (χ4n) is 4.68. The number of nitrogens with zero attached hydrogens (tertiary/aromatic N) is 2. The fourth-order valence-corrected chi connectivity index (χ4v) is 5.39. The van der Waals surface area contributed by atoms with Crippen molar-refractivity contribution < 1.29 is 37.0 Å². The minimum Gasteiger partial charge on any atom is -0.493 e. The molecule has 2 aromatic carbocycles. The average Bonchev–Trinajstić information content (AvgIpc) is 3.69. The molecule has 1 aliphatic rings. The molecule has 0 radical (unpaired) electrons. The zero-order valence-electron chi connectivity index (χ0n) is 23.5. The standard InChI is InChI=1S/C30H34F3N3O5S/c1-39-26-11-10-21(16-27(26)40-2)12-13-35(19-25-9-5-15-42-25)28(37)20-36(18-24-8-4-14-41-24)29(38)34-23-7-3-6-22(17-23)30(31,32)33/h3,5-7,9-11,15-17,24H,4,8,12-14,18-20H2,1-2H3,(H,34,38). The van der Waals surface area contributed by atoms with Gasteiger partial charge in [0.05, 0.1) is 32.4 Å². The Kier molecular flexibility index (Phi) is 10.7. The smallest absolute Gasteiger partial charge is 0.416 e. The molecule has 3 aromatic rings. The van der Waals surface area contributed by atoms with E-state index in [1.165, 1.54) is 28.4 Å². The van der Waals surface area contributed by atoms with Gasteiger partial charge < -0.3 is 29.3 Å². The number of nitrogens with one attached hydrogen (secondary N) is 1. The van der Waals surface area contributed by atoms with Crippen molar-refractivity contribution in [1.29, 1.82) is 0 Å². The zero-order chi connectivity index (χ0) is 30.1. The lowest BCUT2D eigenvalue weighted by atomic mass is 10.1. The van der Waals surface area contributed by atoms with Gasteiger partial charge in [-0.15, -0.1) is 11.3 Å². The first-order chi connectivity index (χ1) is 20.2. The number of hydrogen-bond donors (Lipinski definition) is 1. The molecule has 1 atom stereocenters. The van der Waals surface area contributed by atoms with Gasteiger partial charge in [-0.3, -0.25) is 4.79 Å². The van der Waals surface area contributed by atoms with Crippen molar-refractivity contribution in [3.05, 3.63) is 76.0 Å². The molecule has 0 spiro atoms. The summed E-state index contributed by atoms with van der Waals surface area (Å²) < 4.78 is 56.1. The van der Waals surface area contributed by atoms with Gasteiger partial charge in [0.2, 0.25) is 5.91 Å². The summed E-state index contributed by atoms with van der Waals surface area (Å²) in [7, 11) is 3.12. The number of ether oxygens (including phenoxy) is 3. The molecule has 1 saturated heterocycles. The lowest BCUT2D eigenvalue weighted by Crippen LogP contribution is -2.47. The van der Waals surface area contributed by atoms with Gasteiger partial charge in [-0.1, -0.05) is 18.2 Å². The Balaban J connectivity index is 1.50. The van der Waals surface area contributed by atoms with Crippen LogP contribution in [0, 0.1) is 0 Å². The molecule has 42 heavy (non-hydrogen) atoms. The van der Waals surface area contributed by atoms with Crippen LogP contribution in [0.25, 0.3) is 0 Å². The van der Waals surface area contributed by atoms with Gasteiger partial charge in [0.25, 0.3) is 0 Å². The van der Waals surface area contributed by atoms with Gasteiger partial charge in [-0.2, -0.15) is 13.2 Å². The predicted molar refractivity (Wildman–Crippen MR) is 154 cm³/mol. The molecule has 0 aliphatic carbocycles. The van der Waals surface area contributed by atoms with Gasteiger partial charge in [0.1, 0.15) is 6.54 Å². The Bertz CT molecular complexity index is 1330. The highest BCUT2D eigenvalue weighted by atomic mass is 32.1. The van der Waals surface area contributed by atoms with Crippen LogP contribution in [0.3, 0.4) is 0 Å². The lowest BCUT2D eigenvalue weighted by Gasteiger charge is -2.29. The number of carbonyl (C=O) groups excluding carboxylic acids is 2. The van der Waals surface area contributed by atoms with E-state index in [1.807, 2.05) is 29.6 Å². The van der Waals surface area contributed by atoms with E-state index in [-0.39, 0.29) is 30.8 Å². The van der Waals surface area contributed by atoms with Crippen molar-refractivity contribution in [2.45, 2.75) is 38.1 Å². The number of methoxy groups -OCH3 is 2. The highest BCUT2D eigenvalue weighted by Gasteiger charge is 2.31. The Morgan fingerprint density at radius 1 is 1.05 bits per heavy atom. The third-order valence-corrected chi connectivity index (χ3v) is 7.76. The maximum absolute atomic E-state index is 13.7. The number of carbonyl (C=O) groups is 2. The third kappa shape index (κ3) is 8.62. The molecule has 0 bridgehead atoms. The Morgan fingerprint density at radius 2 is 1.86 bits per heavy atom. The normalized spacial score (nSPS) is 14.8. The van der Waals surface area contributed by atoms with Crippen molar-refractivity contribution in [1.82, 2.24) is 9.80 Å². The van der Waals surface area contributed by atoms with Crippen LogP contribution in [0.4, 0.5) is 23.7 Å². The highest BCUT2D eigenvalue weighted by Crippen LogP contribution is 2.31. The maximum atomic E-state index is 13.7. The van der Waals surface area contributed by atoms with Crippen molar-refractivity contribution in [3.8, 4) is 11.5 Å². The Labute approximate surface area is 247 Å². The predicted octanol–water partition coefficient (Wildman–Crippen LogP) is 6.07. The first-order valence-corrected chi connectivity index (χ1v) is 14.4. The molecular formula is C30H34F3N3O5S. The second-order valence-electron chi connectivity index (χ2n) is 9.86. The molecule has 226 valence electrons. The molecule has 1 N–H and O–H groups in total. The summed E-state index contributed by atoms with van der Waals surface area (Å²) in [4.78, 5) is 31.0. The quantitative estimate of drug-likeness (QED) is 0.271. The molecule has 1 aliphatic heterocycles. The molecule has 3 amide bonds. The van der Waals surface area contributed by atoms with Gasteiger partial charge in [0.15, 0.2) is 11.5 Å². The lowest BCUT2D eigenvalue weighted by molar-refractivity contribution is -0.137. The first kappa shape index (κ1) is 31.2. The van der Waals surface area contributed by atoms with Gasteiger partial charge in [0, 0.05) is 30.3 Å². The van der Waals surface area contributed by atoms with Crippen LogP contribution in [-0.2, 0) is 28.7 Å². The van der Waals surface area contributed by atoms with E-state index in [0.29, 0.717) is 37.6 Å². The summed E-state index contributed by atoms with van der Waals surface area (Å²) in [6, 6.07) is 13.2. The van der Waals surface area contributed by atoms with E-state index in [9.17, 15) is 22.8 Å². The molecular weight excluding hydrogens is 571 g/mol. The van der Waals surface area contributed by atoms with Gasteiger partial charge >= 0.3 is 12.2 Å². The summed E-state index contributed by atoms with van der Waals surface area (Å²) in [6.07, 6.45) is -2.73. The second kappa shape index (κ2) is 14.4. The van der Waals surface area contributed by atoms with E-state index in [1.54, 1.807) is 25.2 Å². The largest absolute Gasteiger partial charge is 0.493 e. The number of benzene rings is 2. The van der Waals surface area contributed by atoms with Crippen LogP contribution in [0.2, 0.25) is 0 Å². The highest BCUT2D eigenvalue weighted by molar-refractivity contribution is 7.09. The molecule has 0 saturated carbocycles. The van der Waals surface area contributed by atoms with E-state index in [4.69, 9.17) is 14.2 Å². The molecule has 4 rings (SSSR count). The van der Waals surface area contributed by atoms with Crippen molar-refractivity contribution >= 4 is 29.0 Å².